The van der Waals surface area contributed by atoms with Crippen LogP contribution in [0.3, 0.4) is 0 Å². The van der Waals surface area contributed by atoms with Crippen molar-refractivity contribution >= 4 is 21.5 Å². The highest BCUT2D eigenvalue weighted by Crippen LogP contribution is 2.49. The molecule has 2 N–H and O–H groups in total. The number of nitrogens with one attached hydrogen (secondary N) is 1. The van der Waals surface area contributed by atoms with Gasteiger partial charge in [0.2, 0.25) is 6.79 Å². The number of hydrogen-bond acceptors (Lipinski definition) is 3. The maximum Gasteiger partial charge on any atom is 0.231 e. The zero-order chi connectivity index (χ0) is 15.4. The molecule has 0 saturated heterocycles. The first-order chi connectivity index (χ1) is 11.3. The van der Waals surface area contributed by atoms with Crippen molar-refractivity contribution in [3.63, 3.8) is 0 Å². The van der Waals surface area contributed by atoms with E-state index in [0.29, 0.717) is 5.92 Å². The highest BCUT2D eigenvalue weighted by Gasteiger charge is 2.27. The molecule has 23 heavy (non-hydrogen) atoms. The largest absolute Gasteiger partial charge is 0.494 e. The summed E-state index contributed by atoms with van der Waals surface area (Å²) in [6.45, 7) is 0.287. The third-order valence-electron chi connectivity index (χ3n) is 5.34. The summed E-state index contributed by atoms with van der Waals surface area (Å²) in [5.41, 5.74) is 1.32. The van der Waals surface area contributed by atoms with Gasteiger partial charge in [-0.05, 0) is 41.8 Å². The summed E-state index contributed by atoms with van der Waals surface area (Å²) in [5, 5.41) is 14.5. The third-order valence-corrected chi connectivity index (χ3v) is 5.34. The lowest BCUT2D eigenvalue weighted by molar-refractivity contribution is 0.174. The Labute approximate surface area is 134 Å². The minimum absolute atomic E-state index is 0.247. The molecular weight excluding hydrogens is 290 g/mol. The van der Waals surface area contributed by atoms with Gasteiger partial charge in [-0.1, -0.05) is 25.3 Å². The van der Waals surface area contributed by atoms with E-state index in [2.05, 4.69) is 11.1 Å². The molecular formula is C19H19NO3. The molecule has 0 amide bonds. The number of H-pyrrole nitrogens is 1. The van der Waals surface area contributed by atoms with Crippen molar-refractivity contribution in [2.75, 3.05) is 6.79 Å². The second kappa shape index (κ2) is 4.82. The number of ether oxygens (including phenoxy) is 2. The first kappa shape index (κ1) is 13.1. The van der Waals surface area contributed by atoms with E-state index in [1.54, 1.807) is 0 Å². The molecule has 4 heteroatoms. The molecule has 1 aliphatic carbocycles. The molecule has 118 valence electrons. The van der Waals surface area contributed by atoms with Gasteiger partial charge in [0, 0.05) is 22.4 Å². The molecule has 0 atom stereocenters. The quantitative estimate of drug-likeness (QED) is 0.678. The van der Waals surface area contributed by atoms with Gasteiger partial charge in [-0.25, -0.2) is 0 Å². The molecule has 4 nitrogen and oxygen atoms in total. The molecule has 1 aromatic heterocycles. The van der Waals surface area contributed by atoms with Crippen LogP contribution in [0.15, 0.2) is 24.4 Å². The zero-order valence-corrected chi connectivity index (χ0v) is 12.9. The minimum Gasteiger partial charge on any atom is -0.494 e. The van der Waals surface area contributed by atoms with E-state index in [9.17, 15) is 5.11 Å². The molecule has 0 unspecified atom stereocenters. The summed E-state index contributed by atoms with van der Waals surface area (Å²) in [6, 6.07) is 6.08. The summed E-state index contributed by atoms with van der Waals surface area (Å²) >= 11 is 0. The van der Waals surface area contributed by atoms with Crippen molar-refractivity contribution in [3.8, 4) is 17.4 Å². The van der Waals surface area contributed by atoms with Crippen LogP contribution in [-0.4, -0.2) is 16.9 Å². The van der Waals surface area contributed by atoms with Gasteiger partial charge in [0.05, 0.1) is 0 Å². The Hall–Kier alpha value is -2.36. The predicted octanol–water partition coefficient (Wildman–Crippen LogP) is 4.80. The number of hydrogen-bond donors (Lipinski definition) is 2. The minimum atomic E-state index is 0.247. The Morgan fingerprint density at radius 3 is 2.78 bits per heavy atom. The second-order valence-corrected chi connectivity index (χ2v) is 6.62. The summed E-state index contributed by atoms with van der Waals surface area (Å²) in [4.78, 5) is 2.98. The van der Waals surface area contributed by atoms with Gasteiger partial charge < -0.3 is 19.6 Å². The van der Waals surface area contributed by atoms with Crippen molar-refractivity contribution in [2.45, 2.75) is 38.0 Å². The number of aromatic nitrogens is 1. The molecule has 0 spiro atoms. The number of benzene rings is 2. The molecule has 5 rings (SSSR count). The monoisotopic (exact) mass is 309 g/mol. The van der Waals surface area contributed by atoms with Crippen LogP contribution in [0.1, 0.15) is 43.6 Å². The van der Waals surface area contributed by atoms with Gasteiger partial charge >= 0.3 is 0 Å². The summed E-state index contributed by atoms with van der Waals surface area (Å²) < 4.78 is 11.4. The third kappa shape index (κ3) is 1.84. The second-order valence-electron chi connectivity index (χ2n) is 6.62. The number of aromatic amines is 1. The van der Waals surface area contributed by atoms with E-state index in [1.165, 1.54) is 43.1 Å². The highest BCUT2D eigenvalue weighted by atomic mass is 16.7. The number of fused-ring (bicyclic) bond motifs is 4. The average molecular weight is 309 g/mol. The molecule has 0 radical (unpaired) electrons. The fourth-order valence-electron chi connectivity index (χ4n) is 4.28. The van der Waals surface area contributed by atoms with E-state index in [1.807, 2.05) is 18.3 Å². The maximum absolute atomic E-state index is 10.2. The summed E-state index contributed by atoms with van der Waals surface area (Å²) in [7, 11) is 0. The van der Waals surface area contributed by atoms with Crippen LogP contribution >= 0.6 is 0 Å². The van der Waals surface area contributed by atoms with Gasteiger partial charge in [0.15, 0.2) is 17.4 Å². The SMILES string of the molecule is Oc1[nH]cc2c(C3CCCCC3)c3c4c(ccc3cc12)OCO4. The van der Waals surface area contributed by atoms with E-state index in [0.717, 1.165) is 27.7 Å². The van der Waals surface area contributed by atoms with Crippen LogP contribution in [0.5, 0.6) is 17.4 Å². The number of aromatic hydroxyl groups is 1. The predicted molar refractivity (Wildman–Crippen MR) is 89.4 cm³/mol. The topological polar surface area (TPSA) is 54.5 Å². The van der Waals surface area contributed by atoms with Crippen LogP contribution in [-0.2, 0) is 0 Å². The van der Waals surface area contributed by atoms with Crippen LogP contribution < -0.4 is 9.47 Å². The molecule has 3 aromatic rings. The molecule has 1 aliphatic heterocycles. The summed E-state index contributed by atoms with van der Waals surface area (Å²) in [5.74, 6) is 2.46. The highest BCUT2D eigenvalue weighted by molar-refractivity contribution is 6.08. The van der Waals surface area contributed by atoms with E-state index >= 15 is 0 Å². The zero-order valence-electron chi connectivity index (χ0n) is 12.9. The van der Waals surface area contributed by atoms with Gasteiger partial charge in [-0.2, -0.15) is 0 Å². The fourth-order valence-corrected chi connectivity index (χ4v) is 4.28. The molecule has 0 bridgehead atoms. The standard InChI is InChI=1S/C19H19NO3/c21-19-13-8-12-6-7-15-18(23-10-22-15)17(12)16(14(13)9-20-19)11-4-2-1-3-5-11/h6-9,11,20-21H,1-5,10H2. The normalized spacial score (nSPS) is 18.1. The molecule has 2 aromatic carbocycles. The van der Waals surface area contributed by atoms with E-state index in [-0.39, 0.29) is 12.7 Å². The number of rotatable bonds is 1. The van der Waals surface area contributed by atoms with Crippen LogP contribution in [0, 0.1) is 0 Å². The van der Waals surface area contributed by atoms with Crippen molar-refractivity contribution in [1.82, 2.24) is 4.98 Å². The first-order valence-electron chi connectivity index (χ1n) is 8.38. The Kier molecular flexibility index (Phi) is 2.75. The van der Waals surface area contributed by atoms with Crippen LogP contribution in [0.4, 0.5) is 0 Å². The summed E-state index contributed by atoms with van der Waals surface area (Å²) in [6.07, 6.45) is 8.19. The van der Waals surface area contributed by atoms with Crippen molar-refractivity contribution in [2.24, 2.45) is 0 Å². The maximum atomic E-state index is 10.2. The van der Waals surface area contributed by atoms with Gasteiger partial charge in [-0.15, -0.1) is 0 Å². The van der Waals surface area contributed by atoms with Crippen molar-refractivity contribution < 1.29 is 14.6 Å². The average Bonchev–Trinajstić information content (AvgIpc) is 3.21. The molecule has 2 aliphatic rings. The molecule has 1 saturated carbocycles. The molecule has 2 heterocycles. The van der Waals surface area contributed by atoms with E-state index < -0.39 is 0 Å². The lowest BCUT2D eigenvalue weighted by atomic mass is 9.80. The smallest absolute Gasteiger partial charge is 0.231 e. The first-order valence-corrected chi connectivity index (χ1v) is 8.38. The van der Waals surface area contributed by atoms with Crippen LogP contribution in [0.25, 0.3) is 21.5 Å². The van der Waals surface area contributed by atoms with Crippen molar-refractivity contribution in [3.05, 3.63) is 30.0 Å². The Balaban J connectivity index is 1.90. The van der Waals surface area contributed by atoms with Gasteiger partial charge in [0.1, 0.15) is 0 Å². The fraction of sp³-hybridized carbons (Fsp3) is 0.368. The Morgan fingerprint density at radius 1 is 1.04 bits per heavy atom. The lowest BCUT2D eigenvalue weighted by Gasteiger charge is -2.24. The Morgan fingerprint density at radius 2 is 1.91 bits per heavy atom. The van der Waals surface area contributed by atoms with E-state index in [4.69, 9.17) is 9.47 Å². The van der Waals surface area contributed by atoms with Crippen LogP contribution in [0.2, 0.25) is 0 Å². The Bertz CT molecular complexity index is 906. The molecule has 1 fully saturated rings. The van der Waals surface area contributed by atoms with Crippen molar-refractivity contribution in [1.29, 1.82) is 0 Å². The lowest BCUT2D eigenvalue weighted by Crippen LogP contribution is -2.06. The van der Waals surface area contributed by atoms with Gasteiger partial charge in [0.25, 0.3) is 0 Å². The van der Waals surface area contributed by atoms with Gasteiger partial charge in [-0.3, -0.25) is 0 Å².